The van der Waals surface area contributed by atoms with Crippen molar-refractivity contribution in [3.8, 4) is 16.9 Å². The van der Waals surface area contributed by atoms with Crippen LogP contribution in [0.5, 0.6) is 5.75 Å². The van der Waals surface area contributed by atoms with Crippen LogP contribution in [0.2, 0.25) is 0 Å². The Labute approximate surface area is 157 Å². The van der Waals surface area contributed by atoms with E-state index in [1.54, 1.807) is 26.0 Å². The molecule has 27 heavy (non-hydrogen) atoms. The van der Waals surface area contributed by atoms with Crippen LogP contribution >= 0.6 is 0 Å². The summed E-state index contributed by atoms with van der Waals surface area (Å²) in [5, 5.41) is 1.91. The Bertz CT molecular complexity index is 788. The monoisotopic (exact) mass is 370 g/mol. The molecule has 7 nitrogen and oxygen atoms in total. The lowest BCUT2D eigenvalue weighted by atomic mass is 10.1. The maximum atomic E-state index is 12.0. The Kier molecular flexibility index (Phi) is 6.93. The Balaban J connectivity index is 1.90. The summed E-state index contributed by atoms with van der Waals surface area (Å²) in [6.45, 7) is 3.00. The van der Waals surface area contributed by atoms with Crippen LogP contribution in [0, 0.1) is 5.92 Å². The van der Waals surface area contributed by atoms with Crippen molar-refractivity contribution in [3.05, 3.63) is 54.6 Å². The normalized spacial score (nSPS) is 11.5. The zero-order chi connectivity index (χ0) is 19.8. The van der Waals surface area contributed by atoms with Crippen molar-refractivity contribution in [2.45, 2.75) is 20.0 Å². The number of primary amides is 1. The fourth-order valence-electron chi connectivity index (χ4n) is 2.38. The summed E-state index contributed by atoms with van der Waals surface area (Å²) in [5.41, 5.74) is 7.01. The lowest BCUT2D eigenvalue weighted by molar-refractivity contribution is -0.160. The van der Waals surface area contributed by atoms with Gasteiger partial charge in [-0.05, 0) is 29.2 Å². The second-order valence-corrected chi connectivity index (χ2v) is 6.19. The van der Waals surface area contributed by atoms with E-state index in [0.29, 0.717) is 5.75 Å². The molecule has 0 heterocycles. The SMILES string of the molecule is CC(C)[C@H](OC(=O)COc1ccc(-c2ccccc2)cc1)C(=O)NC(N)=O. The number of urea groups is 1. The minimum atomic E-state index is -1.13. The summed E-state index contributed by atoms with van der Waals surface area (Å²) < 4.78 is 10.5. The molecule has 0 fully saturated rings. The van der Waals surface area contributed by atoms with Crippen LogP contribution in [0.4, 0.5) is 4.79 Å². The van der Waals surface area contributed by atoms with E-state index in [4.69, 9.17) is 15.2 Å². The maximum absolute atomic E-state index is 12.0. The summed E-state index contributed by atoms with van der Waals surface area (Å²) >= 11 is 0. The Hall–Kier alpha value is -3.35. The van der Waals surface area contributed by atoms with E-state index >= 15 is 0 Å². The number of carbonyl (C=O) groups is 3. The number of hydrogen-bond acceptors (Lipinski definition) is 5. The second-order valence-electron chi connectivity index (χ2n) is 6.19. The highest BCUT2D eigenvalue weighted by Gasteiger charge is 2.27. The molecule has 0 unspecified atom stereocenters. The molecular weight excluding hydrogens is 348 g/mol. The van der Waals surface area contributed by atoms with Gasteiger partial charge >= 0.3 is 12.0 Å². The van der Waals surface area contributed by atoms with Gasteiger partial charge in [-0.15, -0.1) is 0 Å². The molecule has 0 aliphatic rings. The summed E-state index contributed by atoms with van der Waals surface area (Å²) in [6, 6.07) is 16.1. The van der Waals surface area contributed by atoms with Gasteiger partial charge in [0.2, 0.25) is 0 Å². The predicted molar refractivity (Wildman–Crippen MR) is 99.8 cm³/mol. The smallest absolute Gasteiger partial charge is 0.344 e. The highest BCUT2D eigenvalue weighted by molar-refractivity contribution is 5.96. The molecule has 0 saturated carbocycles. The molecule has 7 heteroatoms. The van der Waals surface area contributed by atoms with Crippen molar-refractivity contribution in [1.82, 2.24) is 5.32 Å². The van der Waals surface area contributed by atoms with Gasteiger partial charge in [0.25, 0.3) is 5.91 Å². The highest BCUT2D eigenvalue weighted by atomic mass is 16.6. The first-order chi connectivity index (χ1) is 12.9. The molecule has 142 valence electrons. The fourth-order valence-corrected chi connectivity index (χ4v) is 2.38. The van der Waals surface area contributed by atoms with Gasteiger partial charge in [0.1, 0.15) is 5.75 Å². The number of benzene rings is 2. The number of nitrogens with one attached hydrogen (secondary N) is 1. The lowest BCUT2D eigenvalue weighted by Crippen LogP contribution is -2.46. The minimum Gasteiger partial charge on any atom is -0.482 e. The second kappa shape index (κ2) is 9.38. The third kappa shape index (κ3) is 6.14. The number of nitrogens with two attached hydrogens (primary N) is 1. The van der Waals surface area contributed by atoms with Crippen LogP contribution in [-0.4, -0.2) is 30.6 Å². The van der Waals surface area contributed by atoms with Gasteiger partial charge in [-0.2, -0.15) is 0 Å². The third-order valence-electron chi connectivity index (χ3n) is 3.69. The number of ether oxygens (including phenoxy) is 2. The van der Waals surface area contributed by atoms with Crippen molar-refractivity contribution < 1.29 is 23.9 Å². The molecule has 0 bridgehead atoms. The van der Waals surface area contributed by atoms with Crippen LogP contribution in [0.3, 0.4) is 0 Å². The molecule has 2 aromatic rings. The number of imide groups is 1. The topological polar surface area (TPSA) is 108 Å². The van der Waals surface area contributed by atoms with E-state index in [1.165, 1.54) is 0 Å². The Morgan fingerprint density at radius 1 is 0.963 bits per heavy atom. The number of hydrogen-bond donors (Lipinski definition) is 2. The molecule has 3 N–H and O–H groups in total. The average molecular weight is 370 g/mol. The zero-order valence-corrected chi connectivity index (χ0v) is 15.2. The molecule has 1 atom stereocenters. The van der Waals surface area contributed by atoms with E-state index < -0.39 is 24.0 Å². The minimum absolute atomic E-state index is 0.335. The summed E-state index contributed by atoms with van der Waals surface area (Å²) in [4.78, 5) is 34.6. The Morgan fingerprint density at radius 3 is 2.11 bits per heavy atom. The van der Waals surface area contributed by atoms with E-state index in [2.05, 4.69) is 0 Å². The molecule has 0 aromatic heterocycles. The average Bonchev–Trinajstić information content (AvgIpc) is 2.64. The Morgan fingerprint density at radius 2 is 1.56 bits per heavy atom. The van der Waals surface area contributed by atoms with Crippen LogP contribution in [0.25, 0.3) is 11.1 Å². The van der Waals surface area contributed by atoms with Crippen LogP contribution in [0.1, 0.15) is 13.8 Å². The van der Waals surface area contributed by atoms with Crippen molar-refractivity contribution in [3.63, 3.8) is 0 Å². The first kappa shape index (κ1) is 20.0. The standard InChI is InChI=1S/C20H22N2O5/c1-13(2)18(19(24)22-20(21)25)27-17(23)12-26-16-10-8-15(9-11-16)14-6-4-3-5-7-14/h3-11,13,18H,12H2,1-2H3,(H3,21,22,24,25)/t18-/m0/s1. The molecule has 2 rings (SSSR count). The number of esters is 1. The van der Waals surface area contributed by atoms with Gasteiger partial charge in [-0.25, -0.2) is 9.59 Å². The molecule has 0 spiro atoms. The van der Waals surface area contributed by atoms with Crippen molar-refractivity contribution in [2.24, 2.45) is 11.7 Å². The van der Waals surface area contributed by atoms with Crippen molar-refractivity contribution in [2.75, 3.05) is 6.61 Å². The van der Waals surface area contributed by atoms with Crippen LogP contribution in [0.15, 0.2) is 54.6 Å². The molecule has 3 amide bonds. The third-order valence-corrected chi connectivity index (χ3v) is 3.69. The molecule has 2 aromatic carbocycles. The van der Waals surface area contributed by atoms with Crippen LogP contribution < -0.4 is 15.8 Å². The summed E-state index contributed by atoms with van der Waals surface area (Å²) in [7, 11) is 0. The molecule has 0 radical (unpaired) electrons. The number of rotatable bonds is 7. The largest absolute Gasteiger partial charge is 0.482 e. The lowest BCUT2D eigenvalue weighted by Gasteiger charge is -2.19. The maximum Gasteiger partial charge on any atom is 0.344 e. The van der Waals surface area contributed by atoms with Crippen molar-refractivity contribution >= 4 is 17.9 Å². The van der Waals surface area contributed by atoms with Gasteiger partial charge < -0.3 is 15.2 Å². The molecular formula is C20H22N2O5. The van der Waals surface area contributed by atoms with Gasteiger partial charge in [-0.1, -0.05) is 56.3 Å². The number of carbonyl (C=O) groups excluding carboxylic acids is 3. The molecule has 0 saturated heterocycles. The highest BCUT2D eigenvalue weighted by Crippen LogP contribution is 2.22. The number of amides is 3. The van der Waals surface area contributed by atoms with E-state index in [-0.39, 0.29) is 12.5 Å². The van der Waals surface area contributed by atoms with E-state index in [0.717, 1.165) is 11.1 Å². The zero-order valence-electron chi connectivity index (χ0n) is 15.2. The van der Waals surface area contributed by atoms with Gasteiger partial charge in [0.05, 0.1) is 0 Å². The molecule has 0 aliphatic heterocycles. The van der Waals surface area contributed by atoms with E-state index in [9.17, 15) is 14.4 Å². The quantitative estimate of drug-likeness (QED) is 0.728. The summed E-state index contributed by atoms with van der Waals surface area (Å²) in [5.74, 6) is -1.33. The van der Waals surface area contributed by atoms with Gasteiger partial charge in [0.15, 0.2) is 12.7 Å². The molecule has 0 aliphatic carbocycles. The van der Waals surface area contributed by atoms with E-state index in [1.807, 2.05) is 47.8 Å². The van der Waals surface area contributed by atoms with Crippen LogP contribution in [-0.2, 0) is 14.3 Å². The predicted octanol–water partition coefficient (Wildman–Crippen LogP) is 2.50. The first-order valence-corrected chi connectivity index (χ1v) is 8.45. The van der Waals surface area contributed by atoms with Crippen molar-refractivity contribution in [1.29, 1.82) is 0 Å². The van der Waals surface area contributed by atoms with Gasteiger partial charge in [-0.3, -0.25) is 10.1 Å². The fraction of sp³-hybridized carbons (Fsp3) is 0.250. The summed E-state index contributed by atoms with van der Waals surface area (Å²) in [6.07, 6.45) is -1.13. The van der Waals surface area contributed by atoms with Gasteiger partial charge in [0, 0.05) is 0 Å². The first-order valence-electron chi connectivity index (χ1n) is 8.45.